The number of carbonyl (C=O) groups excluding carboxylic acids is 2. The number of aromatic nitrogens is 2. The van der Waals surface area contributed by atoms with Crippen molar-refractivity contribution in [2.45, 2.75) is 12.3 Å². The van der Waals surface area contributed by atoms with E-state index in [9.17, 15) is 14.9 Å². The monoisotopic (exact) mass is 475 g/mol. The fraction of sp³-hybridized carbons (Fsp3) is 0.167. The third-order valence-electron chi connectivity index (χ3n) is 6.07. The van der Waals surface area contributed by atoms with Crippen molar-refractivity contribution in [2.75, 3.05) is 18.6 Å². The maximum absolute atomic E-state index is 14.2. The van der Waals surface area contributed by atoms with Crippen molar-refractivity contribution in [3.8, 4) is 17.6 Å². The number of nitrogens with zero attached hydrogens (tertiary/aromatic N) is 4. The number of aryl methyl sites for hydroxylation is 1. The number of ether oxygens (including phenoxy) is 2. The van der Waals surface area contributed by atoms with E-state index in [0.29, 0.717) is 33.2 Å². The van der Waals surface area contributed by atoms with Crippen LogP contribution in [0.1, 0.15) is 16.8 Å². The number of amides is 1. The molecule has 3 aromatic rings. The van der Waals surface area contributed by atoms with Crippen LogP contribution in [0.5, 0.6) is 5.88 Å². The van der Waals surface area contributed by atoms with Crippen LogP contribution in [0.3, 0.4) is 0 Å². The zero-order chi connectivity index (χ0) is 24.2. The number of anilines is 1. The number of carbonyl (C=O) groups is 2. The molecule has 0 bridgehead atoms. The predicted octanol–water partition coefficient (Wildman–Crippen LogP) is 2.73. The van der Waals surface area contributed by atoms with E-state index < -0.39 is 17.3 Å². The molecule has 1 amide bonds. The van der Waals surface area contributed by atoms with Crippen molar-refractivity contribution in [3.63, 3.8) is 0 Å². The largest absolute Gasteiger partial charge is 0.468 e. The molecule has 1 unspecified atom stereocenters. The molecule has 2 aromatic carbocycles. The summed E-state index contributed by atoms with van der Waals surface area (Å²) in [5, 5.41) is 15.2. The second-order valence-electron chi connectivity index (χ2n) is 7.84. The first-order chi connectivity index (χ1) is 16.3. The summed E-state index contributed by atoms with van der Waals surface area (Å²) in [4.78, 5) is 27.7. The van der Waals surface area contributed by atoms with Crippen LogP contribution in [-0.4, -0.2) is 35.3 Å². The number of hydrogen-bond donors (Lipinski definition) is 1. The number of esters is 1. The lowest BCUT2D eigenvalue weighted by molar-refractivity contribution is -0.140. The molecule has 3 heterocycles. The SMILES string of the molecule is COC(=O)CN1C(=O)C2(C(C#N)=C(N)Oc3c2c(C)nn3-c2cccc(Cl)c2)c2ccccc21. The molecule has 5 rings (SSSR count). The molecule has 1 aromatic heterocycles. The highest BCUT2D eigenvalue weighted by molar-refractivity contribution is 6.30. The first-order valence-electron chi connectivity index (χ1n) is 10.3. The molecule has 0 fully saturated rings. The first kappa shape index (κ1) is 21.6. The molecule has 2 N–H and O–H groups in total. The number of rotatable bonds is 3. The van der Waals surface area contributed by atoms with Gasteiger partial charge in [0.15, 0.2) is 0 Å². The van der Waals surface area contributed by atoms with Gasteiger partial charge in [0.25, 0.3) is 0 Å². The van der Waals surface area contributed by atoms with Crippen molar-refractivity contribution in [3.05, 3.63) is 81.8 Å². The van der Waals surface area contributed by atoms with Crippen LogP contribution in [0.4, 0.5) is 5.69 Å². The van der Waals surface area contributed by atoms with Gasteiger partial charge in [0, 0.05) is 16.3 Å². The molecular weight excluding hydrogens is 458 g/mol. The van der Waals surface area contributed by atoms with Crippen LogP contribution >= 0.6 is 11.6 Å². The molecule has 9 nitrogen and oxygen atoms in total. The molecular formula is C24H18ClN5O4. The number of halogens is 1. The van der Waals surface area contributed by atoms with Gasteiger partial charge in [0.05, 0.1) is 24.1 Å². The van der Waals surface area contributed by atoms with Gasteiger partial charge in [-0.1, -0.05) is 35.9 Å². The van der Waals surface area contributed by atoms with E-state index >= 15 is 0 Å². The Kier molecular flexibility index (Phi) is 4.84. The molecule has 0 radical (unpaired) electrons. The highest BCUT2D eigenvalue weighted by Crippen LogP contribution is 2.56. The summed E-state index contributed by atoms with van der Waals surface area (Å²) in [6, 6.07) is 16.0. The Balaban J connectivity index is 1.85. The lowest BCUT2D eigenvalue weighted by Gasteiger charge is -2.33. The molecule has 0 saturated carbocycles. The smallest absolute Gasteiger partial charge is 0.325 e. The number of methoxy groups -OCH3 is 1. The zero-order valence-electron chi connectivity index (χ0n) is 18.2. The number of nitrogens with two attached hydrogens (primary N) is 1. The van der Waals surface area contributed by atoms with Gasteiger partial charge in [-0.2, -0.15) is 10.4 Å². The lowest BCUT2D eigenvalue weighted by Crippen LogP contribution is -2.47. The van der Waals surface area contributed by atoms with Gasteiger partial charge in [-0.25, -0.2) is 4.68 Å². The second-order valence-corrected chi connectivity index (χ2v) is 8.28. The summed E-state index contributed by atoms with van der Waals surface area (Å²) in [5.41, 5.74) is 6.93. The van der Waals surface area contributed by atoms with E-state index in [0.717, 1.165) is 0 Å². The Hall–Kier alpha value is -4.29. The van der Waals surface area contributed by atoms with E-state index in [1.807, 2.05) is 0 Å². The van der Waals surface area contributed by atoms with E-state index in [-0.39, 0.29) is 23.9 Å². The van der Waals surface area contributed by atoms with Crippen LogP contribution in [0.25, 0.3) is 5.69 Å². The summed E-state index contributed by atoms with van der Waals surface area (Å²) in [6.07, 6.45) is 0. The average molecular weight is 476 g/mol. The third kappa shape index (κ3) is 2.75. The number of fused-ring (bicyclic) bond motifs is 4. The van der Waals surface area contributed by atoms with Gasteiger partial charge in [-0.15, -0.1) is 0 Å². The van der Waals surface area contributed by atoms with Crippen molar-refractivity contribution < 1.29 is 19.1 Å². The molecule has 1 spiro atoms. The number of nitriles is 1. The van der Waals surface area contributed by atoms with Gasteiger partial charge < -0.3 is 15.2 Å². The Morgan fingerprint density at radius 1 is 1.29 bits per heavy atom. The van der Waals surface area contributed by atoms with Gasteiger partial charge in [-0.05, 0) is 31.2 Å². The van der Waals surface area contributed by atoms with Gasteiger partial charge in [0.1, 0.15) is 23.6 Å². The quantitative estimate of drug-likeness (QED) is 0.577. The van der Waals surface area contributed by atoms with Crippen molar-refractivity contribution in [1.29, 1.82) is 5.26 Å². The number of benzene rings is 2. The Bertz CT molecular complexity index is 1450. The minimum atomic E-state index is -1.64. The van der Waals surface area contributed by atoms with Crippen LogP contribution in [0, 0.1) is 18.3 Å². The topological polar surface area (TPSA) is 123 Å². The molecule has 0 saturated heterocycles. The summed E-state index contributed by atoms with van der Waals surface area (Å²) < 4.78 is 12.2. The fourth-order valence-corrected chi connectivity index (χ4v) is 4.89. The maximum Gasteiger partial charge on any atom is 0.325 e. The summed E-state index contributed by atoms with van der Waals surface area (Å²) in [6.45, 7) is 1.39. The fourth-order valence-electron chi connectivity index (χ4n) is 4.71. The Morgan fingerprint density at radius 2 is 2.06 bits per heavy atom. The molecule has 170 valence electrons. The van der Waals surface area contributed by atoms with E-state index in [1.54, 1.807) is 55.5 Å². The molecule has 1 atom stereocenters. The molecule has 10 heteroatoms. The normalized spacial score (nSPS) is 18.4. The van der Waals surface area contributed by atoms with Crippen molar-refractivity contribution >= 4 is 29.2 Å². The summed E-state index contributed by atoms with van der Waals surface area (Å²) >= 11 is 6.19. The van der Waals surface area contributed by atoms with Gasteiger partial charge in [-0.3, -0.25) is 14.5 Å². The van der Waals surface area contributed by atoms with Crippen molar-refractivity contribution in [2.24, 2.45) is 5.73 Å². The lowest BCUT2D eigenvalue weighted by atomic mass is 9.69. The van der Waals surface area contributed by atoms with E-state index in [2.05, 4.69) is 11.2 Å². The molecule has 34 heavy (non-hydrogen) atoms. The predicted molar refractivity (Wildman–Crippen MR) is 122 cm³/mol. The second kappa shape index (κ2) is 7.64. The average Bonchev–Trinajstić information content (AvgIpc) is 3.27. The maximum atomic E-state index is 14.2. The van der Waals surface area contributed by atoms with Crippen molar-refractivity contribution in [1.82, 2.24) is 9.78 Å². The summed E-state index contributed by atoms with van der Waals surface area (Å²) in [5.74, 6) is -1.15. The van der Waals surface area contributed by atoms with E-state index in [1.165, 1.54) is 16.7 Å². The van der Waals surface area contributed by atoms with Crippen LogP contribution < -0.4 is 15.4 Å². The first-order valence-corrected chi connectivity index (χ1v) is 10.6. The van der Waals surface area contributed by atoms with E-state index in [4.69, 9.17) is 26.8 Å². The number of hydrogen-bond acceptors (Lipinski definition) is 7. The van der Waals surface area contributed by atoms with Crippen LogP contribution in [0.15, 0.2) is 60.0 Å². The van der Waals surface area contributed by atoms with Crippen LogP contribution in [-0.2, 0) is 19.7 Å². The van der Waals surface area contributed by atoms with Gasteiger partial charge in [0.2, 0.25) is 17.7 Å². The molecule has 2 aliphatic heterocycles. The van der Waals surface area contributed by atoms with Gasteiger partial charge >= 0.3 is 5.97 Å². The number of para-hydroxylation sites is 1. The van der Waals surface area contributed by atoms with Crippen LogP contribution in [0.2, 0.25) is 5.02 Å². The Morgan fingerprint density at radius 3 is 2.76 bits per heavy atom. The summed E-state index contributed by atoms with van der Waals surface area (Å²) in [7, 11) is 1.24. The minimum Gasteiger partial charge on any atom is -0.468 e. The minimum absolute atomic E-state index is 0.0708. The molecule has 0 aliphatic carbocycles. The third-order valence-corrected chi connectivity index (χ3v) is 6.30. The Labute approximate surface area is 199 Å². The zero-order valence-corrected chi connectivity index (χ0v) is 19.0. The highest BCUT2D eigenvalue weighted by atomic mass is 35.5. The standard InChI is InChI=1S/C24H18ClN5O4/c1-13-20-22(30(28-13)15-7-5-6-14(25)10-15)34-21(27)17(11-26)24(20)16-8-3-4-9-18(16)29(23(24)32)12-19(31)33-2/h3-10H,12,27H2,1-2H3. The molecule has 2 aliphatic rings. The highest BCUT2D eigenvalue weighted by Gasteiger charge is 2.61.